The van der Waals surface area contributed by atoms with Gasteiger partial charge in [0.2, 0.25) is 0 Å². The molecule has 132 valence electrons. The van der Waals surface area contributed by atoms with E-state index in [2.05, 4.69) is 17.4 Å². The summed E-state index contributed by atoms with van der Waals surface area (Å²) in [6, 6.07) is 9.78. The van der Waals surface area contributed by atoms with Crippen LogP contribution in [0, 0.1) is 20.8 Å². The van der Waals surface area contributed by atoms with Gasteiger partial charge in [-0.1, -0.05) is 29.8 Å². The van der Waals surface area contributed by atoms with Gasteiger partial charge in [-0.2, -0.15) is 0 Å². The smallest absolute Gasteiger partial charge is 0.262 e. The van der Waals surface area contributed by atoms with Gasteiger partial charge in [-0.25, -0.2) is 0 Å². The van der Waals surface area contributed by atoms with Crippen LogP contribution in [0.15, 0.2) is 30.3 Å². The number of rotatable bonds is 4. The summed E-state index contributed by atoms with van der Waals surface area (Å²) in [4.78, 5) is 12.3. The predicted octanol–water partition coefficient (Wildman–Crippen LogP) is 4.00. The van der Waals surface area contributed by atoms with Crippen molar-refractivity contribution in [2.45, 2.75) is 46.1 Å². The molecule has 0 bridgehead atoms. The average molecular weight is 339 g/mol. The van der Waals surface area contributed by atoms with Crippen LogP contribution < -0.4 is 10.1 Å². The van der Waals surface area contributed by atoms with E-state index < -0.39 is 6.10 Å². The number of anilines is 1. The van der Waals surface area contributed by atoms with Crippen molar-refractivity contribution >= 4 is 11.6 Å². The van der Waals surface area contributed by atoms with Gasteiger partial charge in [0, 0.05) is 5.69 Å². The van der Waals surface area contributed by atoms with E-state index in [4.69, 9.17) is 4.74 Å². The van der Waals surface area contributed by atoms with Crippen molar-refractivity contribution in [3.8, 4) is 5.75 Å². The molecule has 3 rings (SSSR count). The van der Waals surface area contributed by atoms with Gasteiger partial charge in [0.15, 0.2) is 6.61 Å². The topological polar surface area (TPSA) is 58.6 Å². The fourth-order valence-corrected chi connectivity index (χ4v) is 3.62. The molecule has 0 saturated heterocycles. The molecule has 1 amide bonds. The second-order valence-corrected chi connectivity index (χ2v) is 6.84. The Morgan fingerprint density at radius 1 is 1.24 bits per heavy atom. The summed E-state index contributed by atoms with van der Waals surface area (Å²) in [7, 11) is 0. The summed E-state index contributed by atoms with van der Waals surface area (Å²) < 4.78 is 5.77. The summed E-state index contributed by atoms with van der Waals surface area (Å²) in [5, 5.41) is 13.1. The lowest BCUT2D eigenvalue weighted by Crippen LogP contribution is -2.22. The molecule has 4 heteroatoms. The number of hydrogen-bond donors (Lipinski definition) is 2. The summed E-state index contributed by atoms with van der Waals surface area (Å²) in [6.45, 7) is 5.98. The minimum Gasteiger partial charge on any atom is -0.483 e. The molecule has 0 aromatic heterocycles. The lowest BCUT2D eigenvalue weighted by molar-refractivity contribution is -0.118. The Morgan fingerprint density at radius 2 is 1.96 bits per heavy atom. The lowest BCUT2D eigenvalue weighted by atomic mass is 9.89. The average Bonchev–Trinajstić information content (AvgIpc) is 2.56. The molecule has 0 heterocycles. The van der Waals surface area contributed by atoms with E-state index in [1.54, 1.807) is 0 Å². The fourth-order valence-electron chi connectivity index (χ4n) is 3.62. The molecule has 0 saturated carbocycles. The second-order valence-electron chi connectivity index (χ2n) is 6.84. The SMILES string of the molecule is Cc1cc(C)c(NC(=O)COc2cccc3c2CCC[C@H]3O)c(C)c1. The number of hydrogen-bond acceptors (Lipinski definition) is 3. The first-order valence-corrected chi connectivity index (χ1v) is 8.76. The monoisotopic (exact) mass is 339 g/mol. The van der Waals surface area contributed by atoms with Crippen molar-refractivity contribution in [1.29, 1.82) is 0 Å². The van der Waals surface area contributed by atoms with Crippen LogP contribution in [-0.4, -0.2) is 17.6 Å². The van der Waals surface area contributed by atoms with Crippen LogP contribution >= 0.6 is 0 Å². The Labute approximate surface area is 148 Å². The second kappa shape index (κ2) is 7.28. The number of aliphatic hydroxyl groups is 1. The van der Waals surface area contributed by atoms with E-state index in [-0.39, 0.29) is 12.5 Å². The molecule has 4 nitrogen and oxygen atoms in total. The number of ether oxygens (including phenoxy) is 1. The number of benzene rings is 2. The number of aliphatic hydroxyl groups excluding tert-OH is 1. The third-order valence-corrected chi connectivity index (χ3v) is 4.73. The Bertz CT molecular complexity index is 775. The zero-order valence-electron chi connectivity index (χ0n) is 15.1. The third-order valence-electron chi connectivity index (χ3n) is 4.73. The van der Waals surface area contributed by atoms with E-state index in [9.17, 15) is 9.90 Å². The van der Waals surface area contributed by atoms with Gasteiger partial charge in [0.1, 0.15) is 5.75 Å². The number of amides is 1. The molecule has 0 unspecified atom stereocenters. The van der Waals surface area contributed by atoms with Crippen molar-refractivity contribution in [3.05, 3.63) is 58.1 Å². The molecule has 2 N–H and O–H groups in total. The fraction of sp³-hybridized carbons (Fsp3) is 0.381. The van der Waals surface area contributed by atoms with Crippen LogP contribution in [0.2, 0.25) is 0 Å². The molecule has 1 aliphatic rings. The van der Waals surface area contributed by atoms with Crippen LogP contribution in [-0.2, 0) is 11.2 Å². The summed E-state index contributed by atoms with van der Waals surface area (Å²) in [5.74, 6) is 0.521. The minimum absolute atomic E-state index is 0.0424. The van der Waals surface area contributed by atoms with Crippen molar-refractivity contribution in [2.75, 3.05) is 11.9 Å². The highest BCUT2D eigenvalue weighted by atomic mass is 16.5. The Balaban J connectivity index is 1.69. The Hall–Kier alpha value is -2.33. The number of carbonyl (C=O) groups is 1. The standard InChI is InChI=1S/C21H25NO3/c1-13-10-14(2)21(15(3)11-13)22-20(24)12-25-19-9-5-6-16-17(19)7-4-8-18(16)23/h5-6,9-11,18,23H,4,7-8,12H2,1-3H3,(H,22,24)/t18-/m1/s1. The zero-order valence-corrected chi connectivity index (χ0v) is 15.1. The Kier molecular flexibility index (Phi) is 5.09. The summed E-state index contributed by atoms with van der Waals surface area (Å²) in [6.07, 6.45) is 2.16. The molecule has 2 aromatic carbocycles. The van der Waals surface area contributed by atoms with Gasteiger partial charge >= 0.3 is 0 Å². The molecule has 25 heavy (non-hydrogen) atoms. The molecule has 0 aliphatic heterocycles. The van der Waals surface area contributed by atoms with Crippen LogP contribution in [0.25, 0.3) is 0 Å². The van der Waals surface area contributed by atoms with E-state index in [1.165, 1.54) is 5.56 Å². The van der Waals surface area contributed by atoms with Gasteiger partial charge < -0.3 is 15.2 Å². The molecular weight excluding hydrogens is 314 g/mol. The maximum Gasteiger partial charge on any atom is 0.262 e. The summed E-state index contributed by atoms with van der Waals surface area (Å²) >= 11 is 0. The van der Waals surface area contributed by atoms with Crippen molar-refractivity contribution in [1.82, 2.24) is 0 Å². The highest BCUT2D eigenvalue weighted by Crippen LogP contribution is 2.35. The largest absolute Gasteiger partial charge is 0.483 e. The molecule has 2 aromatic rings. The highest BCUT2D eigenvalue weighted by Gasteiger charge is 2.21. The molecule has 0 fully saturated rings. The first kappa shape index (κ1) is 17.5. The van der Waals surface area contributed by atoms with E-state index in [0.29, 0.717) is 5.75 Å². The predicted molar refractivity (Wildman–Crippen MR) is 99.1 cm³/mol. The van der Waals surface area contributed by atoms with Crippen LogP contribution in [0.3, 0.4) is 0 Å². The number of aryl methyl sites for hydroxylation is 3. The maximum atomic E-state index is 12.3. The highest BCUT2D eigenvalue weighted by molar-refractivity contribution is 5.93. The summed E-state index contributed by atoms with van der Waals surface area (Å²) in [5.41, 5.74) is 6.08. The molecule has 0 spiro atoms. The van der Waals surface area contributed by atoms with E-state index >= 15 is 0 Å². The van der Waals surface area contributed by atoms with Gasteiger partial charge in [-0.05, 0) is 68.4 Å². The van der Waals surface area contributed by atoms with Gasteiger partial charge in [0.25, 0.3) is 5.91 Å². The number of nitrogens with one attached hydrogen (secondary N) is 1. The maximum absolute atomic E-state index is 12.3. The molecule has 0 radical (unpaired) electrons. The van der Waals surface area contributed by atoms with Crippen molar-refractivity contribution in [3.63, 3.8) is 0 Å². The van der Waals surface area contributed by atoms with Gasteiger partial charge in [-0.3, -0.25) is 4.79 Å². The lowest BCUT2D eigenvalue weighted by Gasteiger charge is -2.23. The number of carbonyl (C=O) groups excluding carboxylic acids is 1. The number of fused-ring (bicyclic) bond motifs is 1. The van der Waals surface area contributed by atoms with Crippen LogP contribution in [0.5, 0.6) is 5.75 Å². The van der Waals surface area contributed by atoms with Crippen molar-refractivity contribution < 1.29 is 14.6 Å². The minimum atomic E-state index is -0.431. The van der Waals surface area contributed by atoms with Crippen LogP contribution in [0.4, 0.5) is 5.69 Å². The van der Waals surface area contributed by atoms with E-state index in [0.717, 1.165) is 47.2 Å². The normalized spacial score (nSPS) is 16.2. The Morgan fingerprint density at radius 3 is 2.68 bits per heavy atom. The first-order valence-electron chi connectivity index (χ1n) is 8.76. The van der Waals surface area contributed by atoms with Gasteiger partial charge in [-0.15, -0.1) is 0 Å². The molecule has 1 aliphatic carbocycles. The first-order chi connectivity index (χ1) is 12.0. The van der Waals surface area contributed by atoms with Gasteiger partial charge in [0.05, 0.1) is 6.10 Å². The van der Waals surface area contributed by atoms with E-state index in [1.807, 2.05) is 39.0 Å². The quantitative estimate of drug-likeness (QED) is 0.885. The van der Waals surface area contributed by atoms with Crippen molar-refractivity contribution in [2.24, 2.45) is 0 Å². The zero-order chi connectivity index (χ0) is 18.0. The third kappa shape index (κ3) is 3.85. The van der Waals surface area contributed by atoms with Crippen LogP contribution in [0.1, 0.15) is 46.8 Å². The molecule has 1 atom stereocenters. The molecular formula is C21H25NO3.